The van der Waals surface area contributed by atoms with E-state index in [0.717, 1.165) is 16.3 Å². The number of amides is 1. The number of hydrogen-bond donors (Lipinski definition) is 0. The van der Waals surface area contributed by atoms with E-state index in [-0.39, 0.29) is 5.76 Å². The van der Waals surface area contributed by atoms with E-state index in [1.54, 1.807) is 0 Å². The molecule has 2 aromatic heterocycles. The lowest BCUT2D eigenvalue weighted by Gasteiger charge is -1.98. The number of carbonyl (C=O) groups is 1. The molecule has 0 bridgehead atoms. The zero-order valence-electron chi connectivity index (χ0n) is 11.6. The highest BCUT2D eigenvalue weighted by Crippen LogP contribution is 2.18. The normalized spacial score (nSPS) is 12.0. The third kappa shape index (κ3) is 2.44. The number of hydrogen-bond acceptors (Lipinski definition) is 5. The Hall–Kier alpha value is -2.74. The lowest BCUT2D eigenvalue weighted by atomic mass is 10.3. The second kappa shape index (κ2) is 5.57. The van der Waals surface area contributed by atoms with Crippen LogP contribution in [0.2, 0.25) is 0 Å². The maximum absolute atomic E-state index is 12.1. The van der Waals surface area contributed by atoms with Gasteiger partial charge in [-0.15, -0.1) is 0 Å². The van der Waals surface area contributed by atoms with Gasteiger partial charge in [-0.25, -0.2) is 0 Å². The lowest BCUT2D eigenvalue weighted by Crippen LogP contribution is -2.15. The van der Waals surface area contributed by atoms with Crippen LogP contribution >= 0.6 is 11.3 Å². The molecule has 0 aliphatic rings. The summed E-state index contributed by atoms with van der Waals surface area (Å²) in [6.45, 7) is 2.62. The topological polar surface area (TPSA) is 90.6 Å². The van der Waals surface area contributed by atoms with Crippen LogP contribution in [0.1, 0.15) is 17.5 Å². The van der Waals surface area contributed by atoms with E-state index < -0.39 is 16.7 Å². The van der Waals surface area contributed by atoms with Crippen LogP contribution in [-0.4, -0.2) is 15.4 Å². The highest BCUT2D eigenvalue weighted by atomic mass is 32.1. The van der Waals surface area contributed by atoms with Crippen molar-refractivity contribution in [3.05, 3.63) is 57.1 Å². The van der Waals surface area contributed by atoms with Gasteiger partial charge in [0.25, 0.3) is 0 Å². The molecule has 7 nitrogen and oxygen atoms in total. The number of benzene rings is 1. The first-order chi connectivity index (χ1) is 10.6. The molecule has 0 N–H and O–H groups in total. The molecule has 112 valence electrons. The smallest absolute Gasteiger partial charge is 0.395 e. The van der Waals surface area contributed by atoms with E-state index in [4.69, 9.17) is 4.42 Å². The molecule has 0 unspecified atom stereocenters. The van der Waals surface area contributed by atoms with Gasteiger partial charge in [-0.1, -0.05) is 23.5 Å². The fourth-order valence-electron chi connectivity index (χ4n) is 2.09. The number of aromatic nitrogens is 1. The Morgan fingerprint density at radius 1 is 1.36 bits per heavy atom. The molecule has 0 radical (unpaired) electrons. The summed E-state index contributed by atoms with van der Waals surface area (Å²) < 4.78 is 7.81. The second-order valence-corrected chi connectivity index (χ2v) is 5.42. The minimum absolute atomic E-state index is 0.146. The van der Waals surface area contributed by atoms with E-state index in [0.29, 0.717) is 11.3 Å². The minimum Gasteiger partial charge on any atom is -0.395 e. The van der Waals surface area contributed by atoms with E-state index >= 15 is 0 Å². The number of carbonyl (C=O) groups excluding carboxylic acids is 1. The van der Waals surface area contributed by atoms with Gasteiger partial charge in [-0.05, 0) is 25.1 Å². The summed E-state index contributed by atoms with van der Waals surface area (Å²) in [7, 11) is 0. The fourth-order valence-corrected chi connectivity index (χ4v) is 3.19. The van der Waals surface area contributed by atoms with Crippen LogP contribution in [0.3, 0.4) is 0 Å². The number of thiazole rings is 1. The van der Waals surface area contributed by atoms with E-state index in [1.165, 1.54) is 17.4 Å². The van der Waals surface area contributed by atoms with Gasteiger partial charge in [0.2, 0.25) is 5.76 Å². The number of nitrogens with zero attached hydrogens (tertiary/aromatic N) is 3. The molecular formula is C14H11N3O4S. The van der Waals surface area contributed by atoms with Gasteiger partial charge < -0.3 is 8.98 Å². The molecule has 0 aliphatic carbocycles. The molecule has 8 heteroatoms. The summed E-state index contributed by atoms with van der Waals surface area (Å²) in [6.07, 6.45) is 0. The number of para-hydroxylation sites is 1. The predicted molar refractivity (Wildman–Crippen MR) is 80.7 cm³/mol. The van der Waals surface area contributed by atoms with Crippen molar-refractivity contribution < 1.29 is 14.1 Å². The summed E-state index contributed by atoms with van der Waals surface area (Å²) >= 11 is 1.38. The molecular weight excluding hydrogens is 306 g/mol. The highest BCUT2D eigenvalue weighted by molar-refractivity contribution is 7.16. The Morgan fingerprint density at radius 3 is 2.82 bits per heavy atom. The van der Waals surface area contributed by atoms with Gasteiger partial charge in [-0.2, -0.15) is 4.99 Å². The quantitative estimate of drug-likeness (QED) is 0.548. The van der Waals surface area contributed by atoms with Crippen molar-refractivity contribution in [3.63, 3.8) is 0 Å². The maximum Gasteiger partial charge on any atom is 0.433 e. The molecule has 1 amide bonds. The first kappa shape index (κ1) is 14.2. The van der Waals surface area contributed by atoms with Crippen molar-refractivity contribution in [3.8, 4) is 0 Å². The Morgan fingerprint density at radius 2 is 2.14 bits per heavy atom. The largest absolute Gasteiger partial charge is 0.433 e. The van der Waals surface area contributed by atoms with Crippen LogP contribution in [0.4, 0.5) is 5.88 Å². The van der Waals surface area contributed by atoms with Gasteiger partial charge in [-0.3, -0.25) is 14.9 Å². The van der Waals surface area contributed by atoms with Gasteiger partial charge in [0.05, 0.1) is 16.3 Å². The van der Waals surface area contributed by atoms with Crippen molar-refractivity contribution >= 4 is 33.3 Å². The lowest BCUT2D eigenvalue weighted by molar-refractivity contribution is -0.402. The minimum atomic E-state index is -0.692. The standard InChI is InChI=1S/C14H11N3O4S/c1-2-16-9-5-3-4-6-11(9)22-14(16)15-13(18)10-7-8-12(21-10)17(19)20/h3-8H,2H2,1H3. The SMILES string of the molecule is CCn1c(=NC(=O)c2ccc([N+](=O)[O-])o2)sc2ccccc21. The molecule has 0 spiro atoms. The predicted octanol–water partition coefficient (Wildman–Crippen LogP) is 2.97. The summed E-state index contributed by atoms with van der Waals surface area (Å²) in [4.78, 5) is 26.6. The van der Waals surface area contributed by atoms with Gasteiger partial charge in [0.1, 0.15) is 4.92 Å². The Bertz CT molecular complexity index is 935. The molecule has 0 atom stereocenters. The van der Waals surface area contributed by atoms with Crippen molar-refractivity contribution in [1.29, 1.82) is 0 Å². The monoisotopic (exact) mass is 317 g/mol. The average molecular weight is 317 g/mol. The van der Waals surface area contributed by atoms with Crippen molar-refractivity contribution in [1.82, 2.24) is 4.57 Å². The summed E-state index contributed by atoms with van der Waals surface area (Å²) in [6, 6.07) is 10.1. The molecule has 0 aliphatic heterocycles. The van der Waals surface area contributed by atoms with Crippen LogP contribution in [0.5, 0.6) is 0 Å². The average Bonchev–Trinajstić information content (AvgIpc) is 3.11. The molecule has 3 rings (SSSR count). The number of fused-ring (bicyclic) bond motifs is 1. The maximum atomic E-state index is 12.1. The van der Waals surface area contributed by atoms with Crippen molar-refractivity contribution in [2.75, 3.05) is 0 Å². The van der Waals surface area contributed by atoms with Gasteiger partial charge in [0, 0.05) is 6.54 Å². The molecule has 3 aromatic rings. The van der Waals surface area contributed by atoms with Crippen LogP contribution < -0.4 is 4.80 Å². The second-order valence-electron chi connectivity index (χ2n) is 4.41. The Kier molecular flexibility index (Phi) is 3.60. The zero-order valence-corrected chi connectivity index (χ0v) is 12.4. The first-order valence-corrected chi connectivity index (χ1v) is 7.33. The third-order valence-corrected chi connectivity index (χ3v) is 4.14. The number of nitro groups is 1. The summed E-state index contributed by atoms with van der Waals surface area (Å²) in [5, 5.41) is 10.6. The van der Waals surface area contributed by atoms with E-state index in [2.05, 4.69) is 4.99 Å². The highest BCUT2D eigenvalue weighted by Gasteiger charge is 2.17. The Labute approximate surface area is 128 Å². The van der Waals surface area contributed by atoms with Crippen molar-refractivity contribution in [2.45, 2.75) is 13.5 Å². The van der Waals surface area contributed by atoms with Crippen LogP contribution in [-0.2, 0) is 6.54 Å². The van der Waals surface area contributed by atoms with Crippen LogP contribution in [0.15, 0.2) is 45.8 Å². The number of rotatable bonds is 3. The van der Waals surface area contributed by atoms with Crippen LogP contribution in [0, 0.1) is 10.1 Å². The first-order valence-electron chi connectivity index (χ1n) is 6.52. The number of furan rings is 1. The number of aryl methyl sites for hydroxylation is 1. The summed E-state index contributed by atoms with van der Waals surface area (Å²) in [5.41, 5.74) is 0.993. The summed E-state index contributed by atoms with van der Waals surface area (Å²) in [5.74, 6) is -1.26. The van der Waals surface area contributed by atoms with Crippen molar-refractivity contribution in [2.24, 2.45) is 4.99 Å². The Balaban J connectivity index is 2.07. The fraction of sp³-hybridized carbons (Fsp3) is 0.143. The molecule has 0 fully saturated rings. The van der Waals surface area contributed by atoms with Gasteiger partial charge in [0.15, 0.2) is 4.80 Å². The molecule has 22 heavy (non-hydrogen) atoms. The molecule has 0 saturated heterocycles. The molecule has 1 aromatic carbocycles. The van der Waals surface area contributed by atoms with Crippen LogP contribution in [0.25, 0.3) is 10.2 Å². The molecule has 2 heterocycles. The van der Waals surface area contributed by atoms with Gasteiger partial charge >= 0.3 is 11.8 Å². The van der Waals surface area contributed by atoms with E-state index in [9.17, 15) is 14.9 Å². The zero-order chi connectivity index (χ0) is 15.7. The molecule has 0 saturated carbocycles. The third-order valence-electron chi connectivity index (χ3n) is 3.08. The van der Waals surface area contributed by atoms with E-state index in [1.807, 2.05) is 35.8 Å².